The van der Waals surface area contributed by atoms with E-state index in [1.54, 1.807) is 12.0 Å². The number of amides is 2. The largest absolute Gasteiger partial charge is 0.497 e. The van der Waals surface area contributed by atoms with Crippen LogP contribution in [0.15, 0.2) is 47.3 Å². The van der Waals surface area contributed by atoms with E-state index in [1.807, 2.05) is 50.2 Å². The Morgan fingerprint density at radius 1 is 1.12 bits per heavy atom. The number of hydrogen-bond donors (Lipinski definition) is 1. The SMILES string of the molecule is COc1cccc(CNC(=O)Cn2nc3n(c2=O)CCN(Cc2cc(C)ccc2C)C3=O)c1. The molecule has 0 aliphatic carbocycles. The Morgan fingerprint density at radius 3 is 2.73 bits per heavy atom. The van der Waals surface area contributed by atoms with Gasteiger partial charge >= 0.3 is 5.69 Å². The summed E-state index contributed by atoms with van der Waals surface area (Å²) in [6, 6.07) is 13.5. The predicted molar refractivity (Wildman–Crippen MR) is 122 cm³/mol. The van der Waals surface area contributed by atoms with Crippen LogP contribution >= 0.6 is 0 Å². The van der Waals surface area contributed by atoms with E-state index in [2.05, 4.69) is 16.5 Å². The van der Waals surface area contributed by atoms with Gasteiger partial charge in [-0.2, -0.15) is 0 Å². The molecule has 4 rings (SSSR count). The van der Waals surface area contributed by atoms with E-state index in [0.717, 1.165) is 26.9 Å². The molecule has 1 aliphatic heterocycles. The molecule has 2 aromatic carbocycles. The first-order valence-electron chi connectivity index (χ1n) is 10.8. The van der Waals surface area contributed by atoms with E-state index in [9.17, 15) is 14.4 Å². The lowest BCUT2D eigenvalue weighted by Crippen LogP contribution is -2.42. The van der Waals surface area contributed by atoms with Crippen molar-refractivity contribution in [3.63, 3.8) is 0 Å². The van der Waals surface area contributed by atoms with Crippen molar-refractivity contribution in [2.24, 2.45) is 0 Å². The molecule has 0 spiro atoms. The average molecular weight is 450 g/mol. The van der Waals surface area contributed by atoms with Crippen molar-refractivity contribution in [3.05, 3.63) is 81.0 Å². The molecule has 0 unspecified atom stereocenters. The summed E-state index contributed by atoms with van der Waals surface area (Å²) in [7, 11) is 1.58. The summed E-state index contributed by atoms with van der Waals surface area (Å²) in [6.45, 7) is 5.27. The average Bonchev–Trinajstić information content (AvgIpc) is 3.12. The smallest absolute Gasteiger partial charge is 0.346 e. The molecule has 0 atom stereocenters. The second kappa shape index (κ2) is 9.32. The summed E-state index contributed by atoms with van der Waals surface area (Å²) in [4.78, 5) is 39.8. The maximum absolute atomic E-state index is 13.0. The summed E-state index contributed by atoms with van der Waals surface area (Å²) in [5, 5.41) is 6.95. The fourth-order valence-corrected chi connectivity index (χ4v) is 3.87. The Hall–Kier alpha value is -3.88. The molecule has 33 heavy (non-hydrogen) atoms. The standard InChI is InChI=1S/C24H27N5O4/c1-16-7-8-17(2)19(11-16)14-27-9-10-28-22(23(27)31)26-29(24(28)32)15-21(30)25-13-18-5-4-6-20(12-18)33-3/h4-8,11-12H,9-10,13-15H2,1-3H3,(H,25,30). The highest BCUT2D eigenvalue weighted by molar-refractivity contribution is 5.91. The van der Waals surface area contributed by atoms with Crippen LogP contribution in [0.1, 0.15) is 32.9 Å². The molecule has 1 aromatic heterocycles. The lowest BCUT2D eigenvalue weighted by Gasteiger charge is -2.27. The molecule has 1 aliphatic rings. The topological polar surface area (TPSA) is 98.5 Å². The van der Waals surface area contributed by atoms with Crippen LogP contribution in [0.3, 0.4) is 0 Å². The van der Waals surface area contributed by atoms with E-state index >= 15 is 0 Å². The number of aromatic nitrogens is 3. The highest BCUT2D eigenvalue weighted by atomic mass is 16.5. The molecular weight excluding hydrogens is 422 g/mol. The summed E-state index contributed by atoms with van der Waals surface area (Å²) >= 11 is 0. The molecular formula is C24H27N5O4. The Balaban J connectivity index is 1.43. The van der Waals surface area contributed by atoms with Crippen LogP contribution in [0.2, 0.25) is 0 Å². The van der Waals surface area contributed by atoms with Gasteiger partial charge in [0, 0.05) is 26.2 Å². The van der Waals surface area contributed by atoms with E-state index in [4.69, 9.17) is 4.74 Å². The minimum Gasteiger partial charge on any atom is -0.497 e. The Labute approximate surface area is 191 Å². The van der Waals surface area contributed by atoms with Gasteiger partial charge in [-0.1, -0.05) is 35.9 Å². The fourth-order valence-electron chi connectivity index (χ4n) is 3.87. The van der Waals surface area contributed by atoms with E-state index < -0.39 is 5.69 Å². The molecule has 172 valence electrons. The molecule has 2 amide bonds. The molecule has 0 fully saturated rings. The van der Waals surface area contributed by atoms with Crippen LogP contribution in [0, 0.1) is 13.8 Å². The zero-order valence-electron chi connectivity index (χ0n) is 19.0. The van der Waals surface area contributed by atoms with Crippen LogP contribution in [0.5, 0.6) is 5.75 Å². The van der Waals surface area contributed by atoms with Gasteiger partial charge in [0.15, 0.2) is 0 Å². The van der Waals surface area contributed by atoms with Gasteiger partial charge in [-0.3, -0.25) is 14.2 Å². The first kappa shape index (κ1) is 22.3. The number of carbonyl (C=O) groups excluding carboxylic acids is 2. The molecule has 0 radical (unpaired) electrons. The molecule has 0 saturated heterocycles. The molecule has 3 aromatic rings. The number of nitrogens with zero attached hydrogens (tertiary/aromatic N) is 4. The van der Waals surface area contributed by atoms with Gasteiger partial charge in [0.05, 0.1) is 7.11 Å². The van der Waals surface area contributed by atoms with Crippen LogP contribution in [-0.4, -0.2) is 44.7 Å². The number of hydrogen-bond acceptors (Lipinski definition) is 5. The maximum atomic E-state index is 13.0. The van der Waals surface area contributed by atoms with Gasteiger partial charge in [-0.25, -0.2) is 9.48 Å². The third kappa shape index (κ3) is 4.82. The number of methoxy groups -OCH3 is 1. The van der Waals surface area contributed by atoms with E-state index in [-0.39, 0.29) is 24.2 Å². The summed E-state index contributed by atoms with van der Waals surface area (Å²) in [5.41, 5.74) is 3.71. The Bertz CT molecular complexity index is 1260. The normalized spacial score (nSPS) is 13.1. The third-order valence-corrected chi connectivity index (χ3v) is 5.78. The van der Waals surface area contributed by atoms with Crippen molar-refractivity contribution in [1.29, 1.82) is 0 Å². The number of aryl methyl sites for hydroxylation is 2. The summed E-state index contributed by atoms with van der Waals surface area (Å²) in [5.74, 6) is 0.0886. The van der Waals surface area contributed by atoms with Crippen molar-refractivity contribution in [3.8, 4) is 5.75 Å². The predicted octanol–water partition coefficient (Wildman–Crippen LogP) is 1.64. The van der Waals surface area contributed by atoms with Crippen LogP contribution in [-0.2, 0) is 31.0 Å². The zero-order valence-corrected chi connectivity index (χ0v) is 19.0. The van der Waals surface area contributed by atoms with Crippen LogP contribution in [0.4, 0.5) is 0 Å². The van der Waals surface area contributed by atoms with Gasteiger partial charge < -0.3 is 15.0 Å². The molecule has 2 heterocycles. The Morgan fingerprint density at radius 2 is 1.94 bits per heavy atom. The third-order valence-electron chi connectivity index (χ3n) is 5.78. The first-order valence-corrected chi connectivity index (χ1v) is 10.8. The number of carbonyl (C=O) groups is 2. The second-order valence-electron chi connectivity index (χ2n) is 8.20. The zero-order chi connectivity index (χ0) is 23.5. The summed E-state index contributed by atoms with van der Waals surface area (Å²) in [6.07, 6.45) is 0. The number of nitrogens with one attached hydrogen (secondary N) is 1. The van der Waals surface area contributed by atoms with Gasteiger partial charge in [-0.15, -0.1) is 5.10 Å². The second-order valence-corrected chi connectivity index (χ2v) is 8.20. The van der Waals surface area contributed by atoms with Crippen molar-refractivity contribution >= 4 is 11.8 Å². The number of ether oxygens (including phenoxy) is 1. The lowest BCUT2D eigenvalue weighted by atomic mass is 10.0. The van der Waals surface area contributed by atoms with Crippen molar-refractivity contribution < 1.29 is 14.3 Å². The minimum atomic E-state index is -0.457. The fraction of sp³-hybridized carbons (Fsp3) is 0.333. The van der Waals surface area contributed by atoms with Gasteiger partial charge in [0.25, 0.3) is 5.91 Å². The molecule has 1 N–H and O–H groups in total. The Kier molecular flexibility index (Phi) is 6.30. The maximum Gasteiger partial charge on any atom is 0.346 e. The van der Waals surface area contributed by atoms with E-state index in [1.165, 1.54) is 4.57 Å². The molecule has 9 heteroatoms. The van der Waals surface area contributed by atoms with Gasteiger partial charge in [0.1, 0.15) is 12.3 Å². The molecule has 0 bridgehead atoms. The van der Waals surface area contributed by atoms with Crippen molar-refractivity contribution in [2.75, 3.05) is 13.7 Å². The molecule has 0 saturated carbocycles. The first-order chi connectivity index (χ1) is 15.9. The van der Waals surface area contributed by atoms with Crippen molar-refractivity contribution in [1.82, 2.24) is 24.6 Å². The van der Waals surface area contributed by atoms with Gasteiger partial charge in [-0.05, 0) is 42.7 Å². The lowest BCUT2D eigenvalue weighted by molar-refractivity contribution is -0.122. The quantitative estimate of drug-likeness (QED) is 0.591. The number of benzene rings is 2. The van der Waals surface area contributed by atoms with Crippen molar-refractivity contribution in [2.45, 2.75) is 40.0 Å². The van der Waals surface area contributed by atoms with E-state index in [0.29, 0.717) is 31.9 Å². The highest BCUT2D eigenvalue weighted by Crippen LogP contribution is 2.17. The number of fused-ring (bicyclic) bond motifs is 1. The molecule has 9 nitrogen and oxygen atoms in total. The monoisotopic (exact) mass is 449 g/mol. The summed E-state index contributed by atoms with van der Waals surface area (Å²) < 4.78 is 7.58. The van der Waals surface area contributed by atoms with Gasteiger partial charge in [0.2, 0.25) is 11.7 Å². The van der Waals surface area contributed by atoms with Crippen LogP contribution < -0.4 is 15.7 Å². The number of rotatable bonds is 7. The van der Waals surface area contributed by atoms with Crippen LogP contribution in [0.25, 0.3) is 0 Å². The minimum absolute atomic E-state index is 0.0668. The highest BCUT2D eigenvalue weighted by Gasteiger charge is 2.30.